The molecule has 1 aliphatic rings. The Bertz CT molecular complexity index is 1180. The summed E-state index contributed by atoms with van der Waals surface area (Å²) in [5.74, 6) is -0.0805. The highest BCUT2D eigenvalue weighted by molar-refractivity contribution is 5.76. The number of likely N-dealkylation sites (tertiary alicyclic amines) is 1. The van der Waals surface area contributed by atoms with E-state index >= 15 is 0 Å². The maximum Gasteiger partial charge on any atom is 0.416 e. The number of nitrogens with two attached hydrogens (primary N) is 1. The fraction of sp³-hybridized carbons (Fsp3) is 0.538. The Hall–Kier alpha value is -3.57. The summed E-state index contributed by atoms with van der Waals surface area (Å²) in [5, 5.41) is 12.0. The van der Waals surface area contributed by atoms with Crippen molar-refractivity contribution in [3.05, 3.63) is 34.9 Å². The van der Waals surface area contributed by atoms with E-state index in [1.807, 2.05) is 0 Å². The van der Waals surface area contributed by atoms with Crippen molar-refractivity contribution < 1.29 is 32.2 Å². The van der Waals surface area contributed by atoms with Crippen molar-refractivity contribution in [1.29, 1.82) is 0 Å². The Morgan fingerprint density at radius 3 is 2.53 bits per heavy atom. The van der Waals surface area contributed by atoms with Gasteiger partial charge in [-0.1, -0.05) is 0 Å². The van der Waals surface area contributed by atoms with E-state index in [0.717, 1.165) is 25.0 Å². The molecule has 3 N–H and O–H groups in total. The van der Waals surface area contributed by atoms with E-state index in [4.69, 9.17) is 15.2 Å². The molecule has 1 aliphatic heterocycles. The first kappa shape index (κ1) is 29.0. The lowest BCUT2D eigenvalue weighted by Gasteiger charge is -2.35. The number of rotatable bonds is 7. The predicted molar refractivity (Wildman–Crippen MR) is 136 cm³/mol. The second-order valence-corrected chi connectivity index (χ2v) is 10.3. The molecular formula is C26H34F3N5O4. The Kier molecular flexibility index (Phi) is 8.73. The first-order valence-corrected chi connectivity index (χ1v) is 12.3. The molecule has 2 amide bonds. The number of nitrogens with zero attached hydrogens (tertiary/aromatic N) is 3. The number of ether oxygens (including phenoxy) is 2. The van der Waals surface area contributed by atoms with Gasteiger partial charge in [0.05, 0.1) is 18.4 Å². The molecule has 1 aromatic carbocycles. The summed E-state index contributed by atoms with van der Waals surface area (Å²) >= 11 is 0. The lowest BCUT2D eigenvalue weighted by atomic mass is 9.97. The number of piperidine rings is 1. The van der Waals surface area contributed by atoms with E-state index in [1.165, 1.54) is 13.2 Å². The number of amides is 2. The third-order valence-corrected chi connectivity index (χ3v) is 6.16. The largest absolute Gasteiger partial charge is 0.496 e. The summed E-state index contributed by atoms with van der Waals surface area (Å²) < 4.78 is 50.4. The number of alkyl halides is 3. The first-order valence-electron chi connectivity index (χ1n) is 12.3. The molecule has 1 unspecified atom stereocenters. The number of hydrogen-bond donors (Lipinski definition) is 2. The Labute approximate surface area is 219 Å². The maximum atomic E-state index is 13.2. The number of halogens is 3. The molecule has 0 bridgehead atoms. The Morgan fingerprint density at radius 2 is 1.92 bits per heavy atom. The van der Waals surface area contributed by atoms with E-state index in [0.29, 0.717) is 41.3 Å². The summed E-state index contributed by atoms with van der Waals surface area (Å²) in [6, 6.07) is 3.02. The molecule has 3 rings (SSSR count). The van der Waals surface area contributed by atoms with Crippen molar-refractivity contribution in [2.24, 2.45) is 5.73 Å². The zero-order valence-corrected chi connectivity index (χ0v) is 22.2. The fourth-order valence-electron chi connectivity index (χ4n) is 4.33. The van der Waals surface area contributed by atoms with Crippen molar-refractivity contribution in [1.82, 2.24) is 15.1 Å². The minimum absolute atomic E-state index is 0.000863. The van der Waals surface area contributed by atoms with Crippen LogP contribution in [0.15, 0.2) is 18.2 Å². The van der Waals surface area contributed by atoms with Gasteiger partial charge in [0.1, 0.15) is 11.4 Å². The maximum absolute atomic E-state index is 13.2. The number of anilines is 1. The highest BCUT2D eigenvalue weighted by Crippen LogP contribution is 2.38. The lowest BCUT2D eigenvalue weighted by Crippen LogP contribution is -2.47. The van der Waals surface area contributed by atoms with Gasteiger partial charge >= 0.3 is 12.3 Å². The van der Waals surface area contributed by atoms with E-state index in [1.54, 1.807) is 32.6 Å². The van der Waals surface area contributed by atoms with Gasteiger partial charge < -0.3 is 25.4 Å². The quantitative estimate of drug-likeness (QED) is 0.525. The summed E-state index contributed by atoms with van der Waals surface area (Å²) in [6.45, 7) is 8.14. The fourth-order valence-corrected chi connectivity index (χ4v) is 4.33. The summed E-state index contributed by atoms with van der Waals surface area (Å²) in [6.07, 6.45) is -3.12. The number of aromatic nitrogens is 2. The first-order chi connectivity index (χ1) is 17.7. The van der Waals surface area contributed by atoms with Crippen molar-refractivity contribution in [2.45, 2.75) is 71.2 Å². The number of hydrogen-bond acceptors (Lipinski definition) is 7. The van der Waals surface area contributed by atoms with Crippen LogP contribution in [-0.2, 0) is 22.1 Å². The molecule has 0 radical (unpaired) electrons. The lowest BCUT2D eigenvalue weighted by molar-refractivity contribution is -0.137. The van der Waals surface area contributed by atoms with Crippen LogP contribution in [0.1, 0.15) is 56.7 Å². The van der Waals surface area contributed by atoms with Gasteiger partial charge in [0.2, 0.25) is 5.91 Å². The van der Waals surface area contributed by atoms with Crippen molar-refractivity contribution in [3.8, 4) is 17.0 Å². The van der Waals surface area contributed by atoms with Crippen LogP contribution in [0.25, 0.3) is 11.3 Å². The number of carbonyl (C=O) groups is 2. The predicted octanol–water partition coefficient (Wildman–Crippen LogP) is 4.71. The molecule has 2 heterocycles. The van der Waals surface area contributed by atoms with E-state index in [-0.39, 0.29) is 24.6 Å². The van der Waals surface area contributed by atoms with Crippen molar-refractivity contribution >= 4 is 17.8 Å². The van der Waals surface area contributed by atoms with Gasteiger partial charge in [0.25, 0.3) is 0 Å². The summed E-state index contributed by atoms with van der Waals surface area (Å²) in [4.78, 5) is 25.8. The molecule has 2 aromatic rings. The van der Waals surface area contributed by atoms with Gasteiger partial charge in [0.15, 0.2) is 5.82 Å². The van der Waals surface area contributed by atoms with Gasteiger partial charge in [-0.3, -0.25) is 4.79 Å². The third kappa shape index (κ3) is 7.26. The average Bonchev–Trinajstić information content (AvgIpc) is 2.82. The normalized spacial score (nSPS) is 16.2. The van der Waals surface area contributed by atoms with Crippen LogP contribution in [0.3, 0.4) is 0 Å². The van der Waals surface area contributed by atoms with Crippen LogP contribution in [0, 0.1) is 6.92 Å². The van der Waals surface area contributed by atoms with Crippen LogP contribution < -0.4 is 15.8 Å². The summed E-state index contributed by atoms with van der Waals surface area (Å²) in [7, 11) is 1.28. The molecule has 0 saturated carbocycles. The number of methoxy groups -OCH3 is 1. The molecule has 0 aliphatic carbocycles. The number of nitrogens with one attached hydrogen (secondary N) is 1. The molecule has 208 valence electrons. The number of carbonyl (C=O) groups excluding carboxylic acids is 2. The van der Waals surface area contributed by atoms with E-state index in [9.17, 15) is 22.8 Å². The Balaban J connectivity index is 1.93. The zero-order chi connectivity index (χ0) is 28.3. The zero-order valence-electron chi connectivity index (χ0n) is 22.2. The smallest absolute Gasteiger partial charge is 0.416 e. The van der Waals surface area contributed by atoms with Gasteiger partial charge in [-0.15, -0.1) is 10.2 Å². The standard InChI is InChI=1S/C26H34F3N5O4/c1-15-18(10-11-21(30)35)23(31-17-7-6-12-34(14-17)24(36)38-25(2,3)4)33-32-22(15)19-9-8-16(26(27,28)29)13-20(19)37-5/h8-9,13,17H,6-7,10-12,14H2,1-5H3,(H2,30,35)(H,31,33). The van der Waals surface area contributed by atoms with Gasteiger partial charge in [-0.2, -0.15) is 13.2 Å². The average molecular weight is 538 g/mol. The van der Waals surface area contributed by atoms with Crippen LogP contribution in [0.2, 0.25) is 0 Å². The highest BCUT2D eigenvalue weighted by atomic mass is 19.4. The molecule has 38 heavy (non-hydrogen) atoms. The van der Waals surface area contributed by atoms with Crippen molar-refractivity contribution in [2.75, 3.05) is 25.5 Å². The molecule has 9 nitrogen and oxygen atoms in total. The highest BCUT2D eigenvalue weighted by Gasteiger charge is 2.32. The van der Waals surface area contributed by atoms with Crippen LogP contribution in [-0.4, -0.2) is 58.9 Å². The molecule has 1 aromatic heterocycles. The van der Waals surface area contributed by atoms with Gasteiger partial charge in [-0.05, 0) is 70.7 Å². The van der Waals surface area contributed by atoms with Crippen LogP contribution in [0.4, 0.5) is 23.8 Å². The number of benzene rings is 1. The molecular weight excluding hydrogens is 503 g/mol. The molecule has 1 saturated heterocycles. The molecule has 12 heteroatoms. The minimum Gasteiger partial charge on any atom is -0.496 e. The molecule has 0 spiro atoms. The van der Waals surface area contributed by atoms with Crippen LogP contribution >= 0.6 is 0 Å². The second-order valence-electron chi connectivity index (χ2n) is 10.3. The number of primary amides is 1. The molecule has 1 atom stereocenters. The molecule has 1 fully saturated rings. The van der Waals surface area contributed by atoms with Crippen molar-refractivity contribution in [3.63, 3.8) is 0 Å². The van der Waals surface area contributed by atoms with Gasteiger partial charge in [-0.25, -0.2) is 4.79 Å². The monoisotopic (exact) mass is 537 g/mol. The SMILES string of the molecule is COc1cc(C(F)(F)F)ccc1-c1nnc(NC2CCCN(C(=O)OC(C)(C)C)C2)c(CCC(N)=O)c1C. The second kappa shape index (κ2) is 11.4. The van der Waals surface area contributed by atoms with E-state index < -0.39 is 29.3 Å². The van der Waals surface area contributed by atoms with E-state index in [2.05, 4.69) is 15.5 Å². The minimum atomic E-state index is -4.53. The van der Waals surface area contributed by atoms with Gasteiger partial charge in [0, 0.05) is 36.7 Å². The van der Waals surface area contributed by atoms with Crippen LogP contribution in [0.5, 0.6) is 5.75 Å². The Morgan fingerprint density at radius 1 is 1.21 bits per heavy atom. The summed E-state index contributed by atoms with van der Waals surface area (Å²) in [5.41, 5.74) is 5.90. The topological polar surface area (TPSA) is 120 Å². The third-order valence-electron chi connectivity index (χ3n) is 6.16.